The molecule has 1 fully saturated rings. The summed E-state index contributed by atoms with van der Waals surface area (Å²) in [5.41, 5.74) is 3.07. The number of fused-ring (bicyclic) bond motifs is 1. The molecule has 7 nitrogen and oxygen atoms in total. The van der Waals surface area contributed by atoms with E-state index >= 15 is 0 Å². The molecule has 32 heavy (non-hydrogen) atoms. The number of carbonyl (C=O) groups is 2. The molecule has 2 aromatic heterocycles. The van der Waals surface area contributed by atoms with Crippen molar-refractivity contribution in [3.63, 3.8) is 0 Å². The summed E-state index contributed by atoms with van der Waals surface area (Å²) in [6.07, 6.45) is 4.58. The molecule has 2 amide bonds. The molecule has 1 saturated heterocycles. The first kappa shape index (κ1) is 20.3. The van der Waals surface area contributed by atoms with E-state index < -0.39 is 6.04 Å². The first-order chi connectivity index (χ1) is 15.6. The van der Waals surface area contributed by atoms with Crippen LogP contribution in [0.3, 0.4) is 0 Å². The molecule has 2 N–H and O–H groups in total. The van der Waals surface area contributed by atoms with Gasteiger partial charge in [0.25, 0.3) is 0 Å². The first-order valence-corrected chi connectivity index (χ1v) is 10.9. The number of rotatable bonds is 6. The Morgan fingerprint density at radius 2 is 1.94 bits per heavy atom. The van der Waals surface area contributed by atoms with Gasteiger partial charge in [-0.2, -0.15) is 5.10 Å². The molecule has 0 spiro atoms. The monoisotopic (exact) mass is 447 g/mol. The molecular weight excluding hydrogens is 426 g/mol. The van der Waals surface area contributed by atoms with Crippen LogP contribution in [-0.4, -0.2) is 37.5 Å². The molecular formula is C24H22ClN5O2. The second-order valence-corrected chi connectivity index (χ2v) is 8.39. The molecule has 8 heteroatoms. The molecule has 4 aromatic rings. The van der Waals surface area contributed by atoms with Gasteiger partial charge in [-0.05, 0) is 35.7 Å². The Balaban J connectivity index is 1.27. The molecule has 0 radical (unpaired) electrons. The van der Waals surface area contributed by atoms with E-state index in [-0.39, 0.29) is 11.8 Å². The molecule has 162 valence electrons. The summed E-state index contributed by atoms with van der Waals surface area (Å²) in [5, 5.41) is 9.06. The minimum Gasteiger partial charge on any atom is -0.361 e. The van der Waals surface area contributed by atoms with Crippen molar-refractivity contribution in [1.29, 1.82) is 0 Å². The highest BCUT2D eigenvalue weighted by atomic mass is 35.5. The number of carbonyl (C=O) groups excluding carboxylic acids is 2. The summed E-state index contributed by atoms with van der Waals surface area (Å²) < 4.78 is 1.75. The lowest BCUT2D eigenvalue weighted by Gasteiger charge is -2.23. The predicted molar refractivity (Wildman–Crippen MR) is 123 cm³/mol. The van der Waals surface area contributed by atoms with Gasteiger partial charge in [-0.15, -0.1) is 0 Å². The predicted octanol–water partition coefficient (Wildman–Crippen LogP) is 4.20. The van der Waals surface area contributed by atoms with Crippen LogP contribution in [0.2, 0.25) is 5.02 Å². The van der Waals surface area contributed by atoms with E-state index in [0.29, 0.717) is 36.8 Å². The number of amides is 2. The van der Waals surface area contributed by atoms with Gasteiger partial charge in [0.05, 0.1) is 6.54 Å². The molecule has 1 unspecified atom stereocenters. The quantitative estimate of drug-likeness (QED) is 0.464. The lowest BCUT2D eigenvalue weighted by molar-refractivity contribution is -0.133. The van der Waals surface area contributed by atoms with Gasteiger partial charge in [-0.1, -0.05) is 41.9 Å². The maximum Gasteiger partial charge on any atom is 0.248 e. The topological polar surface area (TPSA) is 83.0 Å². The minimum atomic E-state index is -0.516. The average Bonchev–Trinajstić information content (AvgIpc) is 3.50. The van der Waals surface area contributed by atoms with Gasteiger partial charge < -0.3 is 15.2 Å². The number of benzene rings is 2. The van der Waals surface area contributed by atoms with Crippen molar-refractivity contribution in [1.82, 2.24) is 19.7 Å². The molecule has 5 rings (SSSR count). The second-order valence-electron chi connectivity index (χ2n) is 7.95. The third kappa shape index (κ3) is 4.11. The highest BCUT2D eigenvalue weighted by molar-refractivity contribution is 6.30. The van der Waals surface area contributed by atoms with Gasteiger partial charge in [0.2, 0.25) is 11.8 Å². The van der Waals surface area contributed by atoms with Crippen LogP contribution in [0.4, 0.5) is 5.82 Å². The number of nitrogens with one attached hydrogen (secondary N) is 2. The fourth-order valence-electron chi connectivity index (χ4n) is 4.15. The fraction of sp³-hybridized carbons (Fsp3) is 0.208. The summed E-state index contributed by atoms with van der Waals surface area (Å²) >= 11 is 5.93. The summed E-state index contributed by atoms with van der Waals surface area (Å²) in [7, 11) is 0. The molecule has 1 aliphatic rings. The van der Waals surface area contributed by atoms with Crippen LogP contribution in [-0.2, 0) is 22.7 Å². The summed E-state index contributed by atoms with van der Waals surface area (Å²) in [6, 6.07) is 16.7. The zero-order chi connectivity index (χ0) is 22.1. The van der Waals surface area contributed by atoms with Crippen LogP contribution < -0.4 is 5.32 Å². The third-order valence-electron chi connectivity index (χ3n) is 5.80. The maximum absolute atomic E-state index is 13.0. The number of aromatic amines is 1. The largest absolute Gasteiger partial charge is 0.361 e. The fourth-order valence-corrected chi connectivity index (χ4v) is 4.28. The number of aromatic nitrogens is 3. The van der Waals surface area contributed by atoms with Crippen LogP contribution in [0.5, 0.6) is 0 Å². The van der Waals surface area contributed by atoms with Gasteiger partial charge in [0.1, 0.15) is 6.04 Å². The Morgan fingerprint density at radius 3 is 2.78 bits per heavy atom. The van der Waals surface area contributed by atoms with Crippen molar-refractivity contribution in [2.45, 2.75) is 32.0 Å². The number of para-hydroxylation sites is 1. The van der Waals surface area contributed by atoms with E-state index in [9.17, 15) is 9.59 Å². The lowest BCUT2D eigenvalue weighted by Crippen LogP contribution is -2.41. The number of hydrogen-bond donors (Lipinski definition) is 2. The zero-order valence-electron chi connectivity index (χ0n) is 17.3. The van der Waals surface area contributed by atoms with Gasteiger partial charge >= 0.3 is 0 Å². The van der Waals surface area contributed by atoms with Crippen molar-refractivity contribution < 1.29 is 9.59 Å². The van der Waals surface area contributed by atoms with E-state index in [0.717, 1.165) is 22.0 Å². The van der Waals surface area contributed by atoms with E-state index in [1.807, 2.05) is 60.9 Å². The number of anilines is 1. The van der Waals surface area contributed by atoms with Crippen molar-refractivity contribution in [3.8, 4) is 0 Å². The van der Waals surface area contributed by atoms with Crippen molar-refractivity contribution >= 4 is 40.1 Å². The Kier molecular flexibility index (Phi) is 5.41. The molecule has 0 aliphatic carbocycles. The Bertz CT molecular complexity index is 1280. The number of H-pyrrole nitrogens is 1. The second kappa shape index (κ2) is 8.51. The van der Waals surface area contributed by atoms with Crippen molar-refractivity contribution in [2.75, 3.05) is 5.32 Å². The molecule has 1 aliphatic heterocycles. The number of nitrogens with zero attached hydrogens (tertiary/aromatic N) is 3. The number of halogens is 1. The molecule has 3 heterocycles. The van der Waals surface area contributed by atoms with Crippen LogP contribution in [0.15, 0.2) is 67.0 Å². The van der Waals surface area contributed by atoms with Crippen molar-refractivity contribution in [2.24, 2.45) is 0 Å². The zero-order valence-corrected chi connectivity index (χ0v) is 18.0. The smallest absolute Gasteiger partial charge is 0.248 e. The highest BCUT2D eigenvalue weighted by Gasteiger charge is 2.36. The van der Waals surface area contributed by atoms with E-state index in [4.69, 9.17) is 11.6 Å². The van der Waals surface area contributed by atoms with Gasteiger partial charge in [-0.3, -0.25) is 14.3 Å². The molecule has 1 atom stereocenters. The van der Waals surface area contributed by atoms with Crippen LogP contribution >= 0.6 is 11.6 Å². The number of hydrogen-bond acceptors (Lipinski definition) is 3. The summed E-state index contributed by atoms with van der Waals surface area (Å²) in [4.78, 5) is 30.4. The van der Waals surface area contributed by atoms with Crippen LogP contribution in [0.1, 0.15) is 24.0 Å². The van der Waals surface area contributed by atoms with E-state index in [1.165, 1.54) is 0 Å². The summed E-state index contributed by atoms with van der Waals surface area (Å²) in [5.74, 6) is 0.242. The molecule has 2 aromatic carbocycles. The minimum absolute atomic E-state index is 0.0105. The normalized spacial score (nSPS) is 16.1. The van der Waals surface area contributed by atoms with Gasteiger partial charge in [-0.25, -0.2) is 0 Å². The maximum atomic E-state index is 13.0. The Labute approximate surface area is 190 Å². The van der Waals surface area contributed by atoms with E-state index in [2.05, 4.69) is 15.4 Å². The van der Waals surface area contributed by atoms with E-state index in [1.54, 1.807) is 15.6 Å². The highest BCUT2D eigenvalue weighted by Crippen LogP contribution is 2.26. The first-order valence-electron chi connectivity index (χ1n) is 10.5. The van der Waals surface area contributed by atoms with Crippen LogP contribution in [0.25, 0.3) is 10.9 Å². The molecule has 0 bridgehead atoms. The summed E-state index contributed by atoms with van der Waals surface area (Å²) in [6.45, 7) is 0.966. The standard InChI is InChI=1S/C24H22ClN5O2/c25-18-7-5-16(6-8-18)14-29-12-11-22(28-29)27-24(32)21-9-10-23(31)30(21)15-17-13-26-20-4-2-1-3-19(17)20/h1-8,11-13,21,26H,9-10,14-15H2,(H,27,28,32). The van der Waals surface area contributed by atoms with Crippen LogP contribution in [0, 0.1) is 0 Å². The van der Waals surface area contributed by atoms with Gasteiger partial charge in [0.15, 0.2) is 5.82 Å². The molecule has 0 saturated carbocycles. The third-order valence-corrected chi connectivity index (χ3v) is 6.05. The Hall–Kier alpha value is -3.58. The average molecular weight is 448 g/mol. The van der Waals surface area contributed by atoms with Gasteiger partial charge in [0, 0.05) is 47.4 Å². The lowest BCUT2D eigenvalue weighted by atomic mass is 10.1. The SMILES string of the molecule is O=C(Nc1ccn(Cc2ccc(Cl)cc2)n1)C1CCC(=O)N1Cc1c[nH]c2ccccc12. The van der Waals surface area contributed by atoms with Crippen molar-refractivity contribution in [3.05, 3.63) is 83.1 Å². The Morgan fingerprint density at radius 1 is 1.12 bits per heavy atom. The number of likely N-dealkylation sites (tertiary alicyclic amines) is 1.